The summed E-state index contributed by atoms with van der Waals surface area (Å²) in [7, 11) is -1.07. The fraction of sp³-hybridized carbons (Fsp3) is 0.583. The lowest BCUT2D eigenvalue weighted by atomic mass is 9.77. The number of anilines is 2. The minimum atomic E-state index is -1.07. The first-order chi connectivity index (χ1) is 15.4. The number of rotatable bonds is 4. The molecule has 3 fully saturated rings. The molecule has 0 amide bonds. The van der Waals surface area contributed by atoms with Gasteiger partial charge in [-0.25, -0.2) is 4.98 Å². The van der Waals surface area contributed by atoms with Crippen molar-refractivity contribution in [3.05, 3.63) is 40.0 Å². The zero-order chi connectivity index (χ0) is 21.7. The van der Waals surface area contributed by atoms with Gasteiger partial charge in [0.1, 0.15) is 10.7 Å². The van der Waals surface area contributed by atoms with Gasteiger partial charge < -0.3 is 15.3 Å². The van der Waals surface area contributed by atoms with Gasteiger partial charge in [0.15, 0.2) is 0 Å². The van der Waals surface area contributed by atoms with Crippen molar-refractivity contribution in [3.63, 3.8) is 0 Å². The fourth-order valence-electron chi connectivity index (χ4n) is 6.27. The van der Waals surface area contributed by atoms with Crippen LogP contribution in [0.5, 0.6) is 0 Å². The second kappa shape index (κ2) is 6.45. The molecule has 0 bridgehead atoms. The van der Waals surface area contributed by atoms with Crippen LogP contribution in [0.2, 0.25) is 5.02 Å². The van der Waals surface area contributed by atoms with Crippen LogP contribution in [0.15, 0.2) is 23.1 Å². The average molecular weight is 471 g/mol. The van der Waals surface area contributed by atoms with E-state index in [9.17, 15) is 9.32 Å². The van der Waals surface area contributed by atoms with Gasteiger partial charge in [0, 0.05) is 34.7 Å². The van der Waals surface area contributed by atoms with E-state index in [-0.39, 0.29) is 23.0 Å². The third-order valence-corrected chi connectivity index (χ3v) is 10.4. The molecule has 6 nitrogen and oxygen atoms in total. The third-order valence-electron chi connectivity index (χ3n) is 8.48. The van der Waals surface area contributed by atoms with Gasteiger partial charge in [-0.15, -0.1) is 0 Å². The first kappa shape index (κ1) is 19.7. The van der Waals surface area contributed by atoms with Gasteiger partial charge in [-0.05, 0) is 68.2 Å². The van der Waals surface area contributed by atoms with Crippen molar-refractivity contribution in [2.45, 2.75) is 60.8 Å². The van der Waals surface area contributed by atoms with E-state index in [1.165, 1.54) is 11.1 Å². The van der Waals surface area contributed by atoms with Crippen LogP contribution in [-0.2, 0) is 29.1 Å². The second-order valence-electron chi connectivity index (χ2n) is 10.9. The first-order valence-electron chi connectivity index (χ1n) is 11.6. The molecule has 2 aliphatic heterocycles. The van der Waals surface area contributed by atoms with Crippen LogP contribution in [0.1, 0.15) is 48.9 Å². The van der Waals surface area contributed by atoms with Crippen molar-refractivity contribution >= 4 is 34.2 Å². The number of aliphatic hydroxyl groups is 1. The van der Waals surface area contributed by atoms with Crippen LogP contribution in [-0.4, -0.2) is 50.3 Å². The number of nitrogens with one attached hydrogen (secondary N) is 1. The lowest BCUT2D eigenvalue weighted by molar-refractivity contribution is 0.143. The summed E-state index contributed by atoms with van der Waals surface area (Å²) in [6.07, 6.45) is 7.19. The van der Waals surface area contributed by atoms with Crippen molar-refractivity contribution in [2.24, 2.45) is 5.41 Å². The number of benzene rings is 1. The molecule has 2 aromatic rings. The molecule has 7 rings (SSSR count). The van der Waals surface area contributed by atoms with Crippen LogP contribution in [0.25, 0.3) is 0 Å². The Morgan fingerprint density at radius 1 is 1.12 bits per heavy atom. The van der Waals surface area contributed by atoms with Gasteiger partial charge in [-0.1, -0.05) is 17.7 Å². The van der Waals surface area contributed by atoms with Crippen LogP contribution in [0.4, 0.5) is 11.8 Å². The number of halogens is 1. The molecule has 2 spiro atoms. The van der Waals surface area contributed by atoms with Crippen molar-refractivity contribution in [3.8, 4) is 0 Å². The minimum Gasteiger partial charge on any atom is -0.394 e. The van der Waals surface area contributed by atoms with Crippen molar-refractivity contribution < 1.29 is 9.32 Å². The van der Waals surface area contributed by atoms with Crippen LogP contribution < -0.4 is 10.2 Å². The number of hydrogen-bond donors (Lipinski definition) is 2. The number of nitrogens with zero attached hydrogens (tertiary/aromatic N) is 3. The Morgan fingerprint density at radius 2 is 1.91 bits per heavy atom. The molecule has 1 aromatic heterocycles. The normalized spacial score (nSPS) is 27.1. The molecule has 3 aliphatic carbocycles. The molecule has 0 unspecified atom stereocenters. The number of aromatic nitrogens is 2. The SMILES string of the molecule is O=[S@@]1CC2(CC2)c2nc(N3CC4(Cc5ccc(Cl)cc5C4)C3)nc(NC3(CO)CCC3)c21. The van der Waals surface area contributed by atoms with Gasteiger partial charge in [0.2, 0.25) is 5.95 Å². The second-order valence-corrected chi connectivity index (χ2v) is 12.7. The Labute approximate surface area is 195 Å². The Balaban J connectivity index is 1.21. The molecule has 3 heterocycles. The zero-order valence-electron chi connectivity index (χ0n) is 18.0. The Bertz CT molecular complexity index is 1170. The summed E-state index contributed by atoms with van der Waals surface area (Å²) in [4.78, 5) is 13.0. The fourth-order valence-corrected chi connectivity index (χ4v) is 8.33. The summed E-state index contributed by atoms with van der Waals surface area (Å²) in [5, 5.41) is 14.3. The molecular weight excluding hydrogens is 444 g/mol. The lowest BCUT2D eigenvalue weighted by Gasteiger charge is -2.48. The maximum absolute atomic E-state index is 13.0. The van der Waals surface area contributed by atoms with Crippen molar-refractivity contribution in [1.29, 1.82) is 0 Å². The summed E-state index contributed by atoms with van der Waals surface area (Å²) in [6.45, 7) is 1.93. The monoisotopic (exact) mass is 470 g/mol. The molecule has 2 saturated carbocycles. The summed E-state index contributed by atoms with van der Waals surface area (Å²) < 4.78 is 13.0. The van der Waals surface area contributed by atoms with E-state index in [4.69, 9.17) is 21.6 Å². The molecule has 168 valence electrons. The van der Waals surface area contributed by atoms with Gasteiger partial charge in [-0.3, -0.25) is 4.21 Å². The predicted octanol–water partition coefficient (Wildman–Crippen LogP) is 3.21. The number of hydrogen-bond acceptors (Lipinski definition) is 6. The van der Waals surface area contributed by atoms with Gasteiger partial charge >= 0.3 is 0 Å². The third kappa shape index (κ3) is 2.77. The highest BCUT2D eigenvalue weighted by atomic mass is 35.5. The highest BCUT2D eigenvalue weighted by molar-refractivity contribution is 7.85. The number of aliphatic hydroxyl groups excluding tert-OH is 1. The van der Waals surface area contributed by atoms with E-state index in [1.54, 1.807) is 0 Å². The molecule has 32 heavy (non-hydrogen) atoms. The van der Waals surface area contributed by atoms with E-state index in [2.05, 4.69) is 22.3 Å². The summed E-state index contributed by atoms with van der Waals surface area (Å²) in [5.41, 5.74) is 3.68. The largest absolute Gasteiger partial charge is 0.394 e. The van der Waals surface area contributed by atoms with Gasteiger partial charge in [-0.2, -0.15) is 4.98 Å². The summed E-state index contributed by atoms with van der Waals surface area (Å²) >= 11 is 6.22. The molecule has 1 saturated heterocycles. The Hall–Kier alpha value is -1.70. The first-order valence-corrected chi connectivity index (χ1v) is 13.3. The molecular formula is C24H27ClN4O2S. The molecule has 5 aliphatic rings. The minimum absolute atomic E-state index is 0.0107. The van der Waals surface area contributed by atoms with E-state index < -0.39 is 10.8 Å². The summed E-state index contributed by atoms with van der Waals surface area (Å²) in [6, 6.07) is 6.27. The topological polar surface area (TPSA) is 78.4 Å². The highest BCUT2D eigenvalue weighted by Crippen LogP contribution is 2.56. The molecule has 2 N–H and O–H groups in total. The quantitative estimate of drug-likeness (QED) is 0.714. The lowest BCUT2D eigenvalue weighted by Crippen LogP contribution is -2.58. The summed E-state index contributed by atoms with van der Waals surface area (Å²) in [5.74, 6) is 2.12. The average Bonchev–Trinajstić information content (AvgIpc) is 3.30. The highest BCUT2D eigenvalue weighted by Gasteiger charge is 2.56. The van der Waals surface area contributed by atoms with Crippen LogP contribution >= 0.6 is 11.6 Å². The van der Waals surface area contributed by atoms with Gasteiger partial charge in [0.25, 0.3) is 0 Å². The van der Waals surface area contributed by atoms with Gasteiger partial charge in [0.05, 0.1) is 28.6 Å². The molecule has 1 aromatic carbocycles. The van der Waals surface area contributed by atoms with Crippen molar-refractivity contribution in [2.75, 3.05) is 35.7 Å². The van der Waals surface area contributed by atoms with E-state index >= 15 is 0 Å². The molecule has 8 heteroatoms. The maximum Gasteiger partial charge on any atom is 0.227 e. The van der Waals surface area contributed by atoms with E-state index in [0.29, 0.717) is 11.6 Å². The van der Waals surface area contributed by atoms with E-state index in [0.717, 1.165) is 79.6 Å². The molecule has 0 radical (unpaired) electrons. The Morgan fingerprint density at radius 3 is 2.59 bits per heavy atom. The van der Waals surface area contributed by atoms with Crippen LogP contribution in [0.3, 0.4) is 0 Å². The smallest absolute Gasteiger partial charge is 0.227 e. The predicted molar refractivity (Wildman–Crippen MR) is 125 cm³/mol. The number of fused-ring (bicyclic) bond motifs is 3. The Kier molecular flexibility index (Phi) is 3.98. The van der Waals surface area contributed by atoms with E-state index in [1.807, 2.05) is 6.07 Å². The maximum atomic E-state index is 13.0. The standard InChI is InChI=1S/C24H27ClN4O2S/c25-17-3-2-15-9-22(10-16(15)8-17)11-29(12-22)21-26-19-18(32(31)14-23(19)6-7-23)20(27-21)28-24(13-30)4-1-5-24/h2-3,8,30H,1,4-7,9-14H2,(H,26,27,28)/t32-/m1/s1. The van der Waals surface area contributed by atoms with Crippen LogP contribution in [0, 0.1) is 5.41 Å². The zero-order valence-corrected chi connectivity index (χ0v) is 19.6. The molecule has 1 atom stereocenters. The van der Waals surface area contributed by atoms with Crippen molar-refractivity contribution in [1.82, 2.24) is 9.97 Å².